The first-order valence-electron chi connectivity index (χ1n) is 11.0. The van der Waals surface area contributed by atoms with E-state index in [1.165, 1.54) is 32.1 Å². The lowest BCUT2D eigenvalue weighted by atomic mass is 10.1. The molecule has 0 rings (SSSR count). The summed E-state index contributed by atoms with van der Waals surface area (Å²) in [5.41, 5.74) is 0. The first-order chi connectivity index (χ1) is 13.2. The molecule has 3 nitrogen and oxygen atoms in total. The van der Waals surface area contributed by atoms with Crippen molar-refractivity contribution in [1.82, 2.24) is 0 Å². The van der Waals surface area contributed by atoms with E-state index in [1.54, 1.807) is 0 Å². The van der Waals surface area contributed by atoms with Gasteiger partial charge in [0, 0.05) is 6.42 Å². The van der Waals surface area contributed by atoms with Crippen LogP contribution in [-0.4, -0.2) is 23.8 Å². The second-order valence-electron chi connectivity index (χ2n) is 7.08. The first-order valence-corrected chi connectivity index (χ1v) is 11.0. The van der Waals surface area contributed by atoms with E-state index in [1.807, 2.05) is 6.92 Å². The van der Waals surface area contributed by atoms with Crippen LogP contribution in [0.3, 0.4) is 0 Å². The van der Waals surface area contributed by atoms with Crippen molar-refractivity contribution < 1.29 is 14.6 Å². The van der Waals surface area contributed by atoms with Gasteiger partial charge < -0.3 is 9.84 Å². The molecule has 0 aliphatic heterocycles. The predicted octanol–water partition coefficient (Wildman–Crippen LogP) is 6.67. The van der Waals surface area contributed by atoms with Gasteiger partial charge in [-0.15, -0.1) is 0 Å². The highest BCUT2D eigenvalue weighted by atomic mass is 16.5. The fraction of sp³-hybridized carbons (Fsp3) is 0.708. The van der Waals surface area contributed by atoms with E-state index in [9.17, 15) is 9.90 Å². The average Bonchev–Trinajstić information content (AvgIpc) is 2.68. The number of hydrogen-bond acceptors (Lipinski definition) is 3. The van der Waals surface area contributed by atoms with E-state index in [0.29, 0.717) is 12.8 Å². The summed E-state index contributed by atoms with van der Waals surface area (Å²) in [5.74, 6) is -0.190. The molecule has 0 spiro atoms. The second-order valence-corrected chi connectivity index (χ2v) is 7.08. The number of unbranched alkanes of at least 4 members (excludes halogenated alkanes) is 7. The molecule has 27 heavy (non-hydrogen) atoms. The van der Waals surface area contributed by atoms with Gasteiger partial charge >= 0.3 is 5.97 Å². The molecule has 0 aromatic carbocycles. The average molecular weight is 379 g/mol. The lowest BCUT2D eigenvalue weighted by molar-refractivity contribution is -0.146. The van der Waals surface area contributed by atoms with Gasteiger partial charge in [0.25, 0.3) is 0 Å². The lowest BCUT2D eigenvalue weighted by Crippen LogP contribution is -2.17. The van der Waals surface area contributed by atoms with Crippen LogP contribution in [0, 0.1) is 0 Å². The molecule has 0 saturated heterocycles. The summed E-state index contributed by atoms with van der Waals surface area (Å²) >= 11 is 0. The van der Waals surface area contributed by atoms with Gasteiger partial charge in [-0.2, -0.15) is 0 Å². The minimum absolute atomic E-state index is 0.129. The number of ether oxygens (including phenoxy) is 1. The zero-order chi connectivity index (χ0) is 20.0. The molecular weight excluding hydrogens is 336 g/mol. The van der Waals surface area contributed by atoms with E-state index in [-0.39, 0.29) is 12.6 Å². The zero-order valence-electron chi connectivity index (χ0n) is 17.7. The monoisotopic (exact) mass is 378 g/mol. The summed E-state index contributed by atoms with van der Waals surface area (Å²) in [5, 5.41) is 9.34. The van der Waals surface area contributed by atoms with Gasteiger partial charge in [-0.25, -0.2) is 0 Å². The van der Waals surface area contributed by atoms with Crippen LogP contribution in [0.4, 0.5) is 0 Å². The van der Waals surface area contributed by atoms with Crippen LogP contribution >= 0.6 is 0 Å². The Balaban J connectivity index is 3.37. The molecule has 0 radical (unpaired) electrons. The van der Waals surface area contributed by atoms with Crippen LogP contribution in [0.15, 0.2) is 36.5 Å². The molecule has 0 fully saturated rings. The minimum Gasteiger partial charge on any atom is -0.463 e. The fourth-order valence-electron chi connectivity index (χ4n) is 2.55. The molecule has 0 heterocycles. The van der Waals surface area contributed by atoms with Gasteiger partial charge in [0.15, 0.2) is 0 Å². The number of carbonyl (C=O) groups excluding carboxylic acids is 1. The maximum absolute atomic E-state index is 11.5. The van der Waals surface area contributed by atoms with Crippen molar-refractivity contribution in [3.63, 3.8) is 0 Å². The third kappa shape index (κ3) is 20.8. The van der Waals surface area contributed by atoms with Gasteiger partial charge in [0.2, 0.25) is 0 Å². The van der Waals surface area contributed by atoms with Crippen molar-refractivity contribution in [2.45, 2.75) is 103 Å². The summed E-state index contributed by atoms with van der Waals surface area (Å²) < 4.78 is 5.01. The quantitative estimate of drug-likeness (QED) is 0.165. The second kappa shape index (κ2) is 21.0. The Hall–Kier alpha value is -1.35. The zero-order valence-corrected chi connectivity index (χ0v) is 17.7. The summed E-state index contributed by atoms with van der Waals surface area (Å²) in [4.78, 5) is 11.5. The van der Waals surface area contributed by atoms with Crippen LogP contribution in [-0.2, 0) is 9.53 Å². The SMILES string of the molecule is CCCCC/C=C\C/C=C\C/C=C\CCCCCCC(=O)OCC(O)CC. The summed E-state index contributed by atoms with van der Waals surface area (Å²) in [6, 6.07) is 0. The van der Waals surface area contributed by atoms with Crippen molar-refractivity contribution in [2.75, 3.05) is 6.61 Å². The van der Waals surface area contributed by atoms with Crippen molar-refractivity contribution >= 4 is 5.97 Å². The molecule has 0 aliphatic rings. The lowest BCUT2D eigenvalue weighted by Gasteiger charge is -2.08. The number of carbonyl (C=O) groups is 1. The first kappa shape index (κ1) is 25.6. The number of allylic oxidation sites excluding steroid dienone is 6. The Morgan fingerprint density at radius 1 is 0.815 bits per heavy atom. The van der Waals surface area contributed by atoms with Crippen molar-refractivity contribution in [2.24, 2.45) is 0 Å². The van der Waals surface area contributed by atoms with E-state index >= 15 is 0 Å². The number of rotatable bonds is 18. The normalized spacial score (nSPS) is 13.1. The Labute approximate surface area is 167 Å². The molecule has 0 bridgehead atoms. The van der Waals surface area contributed by atoms with Crippen LogP contribution in [0.1, 0.15) is 97.3 Å². The Kier molecular flexibility index (Phi) is 19.9. The number of aliphatic hydroxyl groups excluding tert-OH is 1. The van der Waals surface area contributed by atoms with E-state index in [4.69, 9.17) is 4.74 Å². The summed E-state index contributed by atoms with van der Waals surface area (Å²) in [6.07, 6.45) is 26.6. The molecule has 0 aromatic heterocycles. The Morgan fingerprint density at radius 2 is 1.37 bits per heavy atom. The number of esters is 1. The molecule has 1 unspecified atom stereocenters. The molecule has 1 N–H and O–H groups in total. The smallest absolute Gasteiger partial charge is 0.305 e. The Morgan fingerprint density at radius 3 is 1.96 bits per heavy atom. The number of aliphatic hydroxyl groups is 1. The molecule has 0 saturated carbocycles. The van der Waals surface area contributed by atoms with Gasteiger partial charge in [0.1, 0.15) is 6.61 Å². The van der Waals surface area contributed by atoms with E-state index in [0.717, 1.165) is 38.5 Å². The molecule has 0 amide bonds. The van der Waals surface area contributed by atoms with Crippen LogP contribution in [0.25, 0.3) is 0 Å². The van der Waals surface area contributed by atoms with Crippen molar-refractivity contribution in [3.8, 4) is 0 Å². The third-order valence-electron chi connectivity index (χ3n) is 4.43. The highest BCUT2D eigenvalue weighted by molar-refractivity contribution is 5.69. The van der Waals surface area contributed by atoms with Crippen molar-refractivity contribution in [3.05, 3.63) is 36.5 Å². The fourth-order valence-corrected chi connectivity index (χ4v) is 2.55. The predicted molar refractivity (Wildman–Crippen MR) is 116 cm³/mol. The highest BCUT2D eigenvalue weighted by Crippen LogP contribution is 2.07. The van der Waals surface area contributed by atoms with Crippen LogP contribution in [0.2, 0.25) is 0 Å². The van der Waals surface area contributed by atoms with E-state index in [2.05, 4.69) is 43.4 Å². The standard InChI is InChI=1S/C24H42O3/c1-3-5-6-7-8-9-10-11-12-13-14-15-16-17-18-19-20-21-24(26)27-22-23(25)4-2/h8-9,11-12,14-15,23,25H,3-7,10,13,16-22H2,1-2H3/b9-8-,12-11-,15-14-. The molecule has 0 aromatic rings. The van der Waals surface area contributed by atoms with Gasteiger partial charge in [-0.1, -0.05) is 76.0 Å². The maximum atomic E-state index is 11.5. The third-order valence-corrected chi connectivity index (χ3v) is 4.43. The molecule has 3 heteroatoms. The number of hydrogen-bond donors (Lipinski definition) is 1. The summed E-state index contributed by atoms with van der Waals surface area (Å²) in [6.45, 7) is 4.24. The van der Waals surface area contributed by atoms with Crippen LogP contribution in [0.5, 0.6) is 0 Å². The van der Waals surface area contributed by atoms with Gasteiger partial charge in [-0.3, -0.25) is 4.79 Å². The minimum atomic E-state index is -0.525. The Bertz CT molecular complexity index is 410. The maximum Gasteiger partial charge on any atom is 0.305 e. The topological polar surface area (TPSA) is 46.5 Å². The van der Waals surface area contributed by atoms with Gasteiger partial charge in [-0.05, 0) is 51.4 Å². The molecule has 0 aliphatic carbocycles. The highest BCUT2D eigenvalue weighted by Gasteiger charge is 2.06. The van der Waals surface area contributed by atoms with E-state index < -0.39 is 6.10 Å². The van der Waals surface area contributed by atoms with Crippen LogP contribution < -0.4 is 0 Å². The molecular formula is C24H42O3. The largest absolute Gasteiger partial charge is 0.463 e. The molecule has 156 valence electrons. The molecule has 1 atom stereocenters. The summed E-state index contributed by atoms with van der Waals surface area (Å²) in [7, 11) is 0. The van der Waals surface area contributed by atoms with Gasteiger partial charge in [0.05, 0.1) is 6.10 Å². The van der Waals surface area contributed by atoms with Crippen molar-refractivity contribution in [1.29, 1.82) is 0 Å².